The van der Waals surface area contributed by atoms with Crippen LogP contribution in [-0.2, 0) is 0 Å². The second kappa shape index (κ2) is 6.65. The van der Waals surface area contributed by atoms with E-state index in [2.05, 4.69) is 62.3 Å². The van der Waals surface area contributed by atoms with Crippen LogP contribution >= 0.6 is 8.58 Å². The first-order chi connectivity index (χ1) is 7.58. The van der Waals surface area contributed by atoms with Crippen molar-refractivity contribution in [2.45, 2.75) is 39.8 Å². The molecule has 0 aliphatic heterocycles. The summed E-state index contributed by atoms with van der Waals surface area (Å²) in [5, 5.41) is 5.87. The molecule has 1 aromatic carbocycles. The number of aliphatic imine (C=N–C) groups is 1. The third-order valence-electron chi connectivity index (χ3n) is 1.79. The van der Waals surface area contributed by atoms with Crippen molar-refractivity contribution in [1.82, 2.24) is 0 Å². The molecule has 0 radical (unpaired) electrons. The molecule has 0 fully saturated rings. The predicted molar refractivity (Wildman–Crippen MR) is 75.5 cm³/mol. The normalized spacial score (nSPS) is 13.0. The second-order valence-electron chi connectivity index (χ2n) is 4.26. The Morgan fingerprint density at radius 2 is 1.75 bits per heavy atom. The molecule has 1 atom stereocenters. The molecule has 0 spiro atoms. The van der Waals surface area contributed by atoms with Gasteiger partial charge in [-0.1, -0.05) is 72.2 Å². The molecular formula is C13H20N2P-. The first-order valence-corrected chi connectivity index (χ1v) is 6.68. The summed E-state index contributed by atoms with van der Waals surface area (Å²) in [7, 11) is 0.565. The zero-order valence-electron chi connectivity index (χ0n) is 10.4. The van der Waals surface area contributed by atoms with E-state index in [-0.39, 0.29) is 0 Å². The van der Waals surface area contributed by atoms with Crippen molar-refractivity contribution in [3.8, 4) is 0 Å². The summed E-state index contributed by atoms with van der Waals surface area (Å²) >= 11 is 0. The minimum absolute atomic E-state index is 0.314. The quantitative estimate of drug-likeness (QED) is 0.433. The van der Waals surface area contributed by atoms with Gasteiger partial charge < -0.3 is 10.3 Å². The minimum atomic E-state index is 0.314. The molecule has 1 aromatic rings. The van der Waals surface area contributed by atoms with E-state index in [0.717, 1.165) is 5.58 Å². The Balaban J connectivity index is 2.71. The Hall–Kier alpha value is -0.880. The van der Waals surface area contributed by atoms with Gasteiger partial charge in [-0.25, -0.2) is 0 Å². The van der Waals surface area contributed by atoms with Gasteiger partial charge in [0.1, 0.15) is 0 Å². The topological polar surface area (TPSA) is 26.5 Å². The molecule has 0 aromatic heterocycles. The number of benzene rings is 1. The Kier molecular flexibility index (Phi) is 5.48. The molecule has 0 saturated heterocycles. The number of nitrogens with zero attached hydrogens (tertiary/aromatic N) is 2. The molecule has 1 rings (SSSR count). The minimum Gasteiger partial charge on any atom is -0.462 e. The maximum Gasteiger partial charge on any atom is -0.0234 e. The van der Waals surface area contributed by atoms with E-state index in [1.165, 1.54) is 5.30 Å². The maximum atomic E-state index is 4.57. The van der Waals surface area contributed by atoms with Crippen LogP contribution in [0.4, 0.5) is 0 Å². The monoisotopic (exact) mass is 235 g/mol. The molecule has 16 heavy (non-hydrogen) atoms. The van der Waals surface area contributed by atoms with Crippen LogP contribution < -0.4 is 5.30 Å². The highest BCUT2D eigenvalue weighted by molar-refractivity contribution is 7.66. The summed E-state index contributed by atoms with van der Waals surface area (Å²) < 4.78 is 0. The molecule has 0 bridgehead atoms. The summed E-state index contributed by atoms with van der Waals surface area (Å²) in [6, 6.07) is 11.0. The van der Waals surface area contributed by atoms with Crippen molar-refractivity contribution in [3.63, 3.8) is 0 Å². The van der Waals surface area contributed by atoms with Gasteiger partial charge in [-0.3, -0.25) is 0 Å². The molecule has 0 aliphatic rings. The van der Waals surface area contributed by atoms with E-state index >= 15 is 0 Å². The number of rotatable bonds is 4. The average Bonchev–Trinajstić information content (AvgIpc) is 2.16. The molecule has 88 valence electrons. The summed E-state index contributed by atoms with van der Waals surface area (Å²) in [5.74, 6) is 0. The molecule has 0 aliphatic carbocycles. The Bertz CT molecular complexity index is 331. The lowest BCUT2D eigenvalue weighted by Crippen LogP contribution is -2.06. The number of amidine groups is 1. The van der Waals surface area contributed by atoms with Gasteiger partial charge >= 0.3 is 0 Å². The Morgan fingerprint density at radius 3 is 2.25 bits per heavy atom. The van der Waals surface area contributed by atoms with Gasteiger partial charge in [0.05, 0.1) is 0 Å². The van der Waals surface area contributed by atoms with Crippen molar-refractivity contribution in [3.05, 3.63) is 35.6 Å². The molecular weight excluding hydrogens is 215 g/mol. The molecule has 0 amide bonds. The van der Waals surface area contributed by atoms with Crippen molar-refractivity contribution in [2.24, 2.45) is 4.99 Å². The van der Waals surface area contributed by atoms with Gasteiger partial charge in [0.15, 0.2) is 0 Å². The van der Waals surface area contributed by atoms with Crippen LogP contribution in [0.1, 0.15) is 27.7 Å². The lowest BCUT2D eigenvalue weighted by molar-refractivity contribution is 0.835. The van der Waals surface area contributed by atoms with Crippen LogP contribution in [0.5, 0.6) is 0 Å². The van der Waals surface area contributed by atoms with E-state index in [4.69, 9.17) is 0 Å². The highest BCUT2D eigenvalue weighted by atomic mass is 31.1. The maximum absolute atomic E-state index is 4.57. The smallest absolute Gasteiger partial charge is 0.0234 e. The zero-order valence-corrected chi connectivity index (χ0v) is 11.4. The van der Waals surface area contributed by atoms with Crippen LogP contribution in [0.3, 0.4) is 0 Å². The Labute approximate surface area is 100 Å². The Morgan fingerprint density at radius 1 is 1.12 bits per heavy atom. The fraction of sp³-hybridized carbons (Fsp3) is 0.462. The fourth-order valence-corrected chi connectivity index (χ4v) is 2.50. The summed E-state index contributed by atoms with van der Waals surface area (Å²) in [5.41, 5.74) is 0.983. The van der Waals surface area contributed by atoms with Crippen LogP contribution in [0.25, 0.3) is 5.32 Å². The lowest BCUT2D eigenvalue weighted by atomic mass is 10.4. The SMILES string of the molecule is CC(C)N=C([N-]C(C)C)Pc1ccccc1. The summed E-state index contributed by atoms with van der Waals surface area (Å²) in [4.78, 5) is 4.57. The molecule has 2 nitrogen and oxygen atoms in total. The summed E-state index contributed by atoms with van der Waals surface area (Å²) in [6.07, 6.45) is 0. The number of hydrogen-bond donors (Lipinski definition) is 0. The largest absolute Gasteiger partial charge is 0.462 e. The van der Waals surface area contributed by atoms with Gasteiger partial charge in [0.2, 0.25) is 0 Å². The third kappa shape index (κ3) is 5.27. The van der Waals surface area contributed by atoms with Crippen LogP contribution in [-0.4, -0.2) is 17.7 Å². The van der Waals surface area contributed by atoms with Gasteiger partial charge in [0.25, 0.3) is 0 Å². The number of hydrogen-bond acceptors (Lipinski definition) is 1. The fourth-order valence-electron chi connectivity index (χ4n) is 1.24. The standard InChI is InChI=1S/C13H20N2P/c1-10(2)14-13(15-11(3)4)16-12-8-6-5-7-9-12/h5-11,16H,1-4H3/q-1. The first-order valence-electron chi connectivity index (χ1n) is 5.68. The van der Waals surface area contributed by atoms with Gasteiger partial charge in [-0.05, 0) is 17.4 Å². The van der Waals surface area contributed by atoms with Crippen LogP contribution in [0.2, 0.25) is 0 Å². The van der Waals surface area contributed by atoms with E-state index in [0.29, 0.717) is 20.7 Å². The van der Waals surface area contributed by atoms with Crippen molar-refractivity contribution in [1.29, 1.82) is 0 Å². The molecule has 0 N–H and O–H groups in total. The van der Waals surface area contributed by atoms with Crippen molar-refractivity contribution >= 4 is 19.5 Å². The van der Waals surface area contributed by atoms with E-state index in [9.17, 15) is 0 Å². The average molecular weight is 235 g/mol. The molecule has 1 unspecified atom stereocenters. The zero-order chi connectivity index (χ0) is 12.0. The van der Waals surface area contributed by atoms with Gasteiger partial charge in [0, 0.05) is 0 Å². The van der Waals surface area contributed by atoms with E-state index in [1.807, 2.05) is 6.07 Å². The van der Waals surface area contributed by atoms with Gasteiger partial charge in [-0.15, -0.1) is 0 Å². The van der Waals surface area contributed by atoms with E-state index in [1.54, 1.807) is 0 Å². The predicted octanol–water partition coefficient (Wildman–Crippen LogP) is 3.54. The van der Waals surface area contributed by atoms with Crippen molar-refractivity contribution in [2.75, 3.05) is 0 Å². The highest BCUT2D eigenvalue weighted by Crippen LogP contribution is 2.20. The molecule has 0 saturated carbocycles. The highest BCUT2D eigenvalue weighted by Gasteiger charge is 1.95. The molecule has 3 heteroatoms. The third-order valence-corrected chi connectivity index (χ3v) is 2.89. The first kappa shape index (κ1) is 13.2. The second-order valence-corrected chi connectivity index (χ2v) is 5.53. The summed E-state index contributed by atoms with van der Waals surface area (Å²) in [6.45, 7) is 8.35. The molecule has 0 heterocycles. The van der Waals surface area contributed by atoms with Crippen LogP contribution in [0, 0.1) is 0 Å². The van der Waals surface area contributed by atoms with E-state index < -0.39 is 0 Å². The van der Waals surface area contributed by atoms with Crippen molar-refractivity contribution < 1.29 is 0 Å². The lowest BCUT2D eigenvalue weighted by Gasteiger charge is -2.24. The van der Waals surface area contributed by atoms with Crippen LogP contribution in [0.15, 0.2) is 35.3 Å². The van der Waals surface area contributed by atoms with Gasteiger partial charge in [-0.2, -0.15) is 0 Å².